The first-order chi connectivity index (χ1) is 14.7. The van der Waals surface area contributed by atoms with E-state index in [4.69, 9.17) is 0 Å². The van der Waals surface area contributed by atoms with Crippen LogP contribution < -0.4 is 10.2 Å². The summed E-state index contributed by atoms with van der Waals surface area (Å²) in [6.07, 6.45) is -1.49. The summed E-state index contributed by atoms with van der Waals surface area (Å²) >= 11 is 0. The molecule has 0 bridgehead atoms. The number of halogens is 3. The van der Waals surface area contributed by atoms with Gasteiger partial charge < -0.3 is 10.2 Å². The summed E-state index contributed by atoms with van der Waals surface area (Å²) in [6.45, 7) is 4.80. The van der Waals surface area contributed by atoms with Gasteiger partial charge in [-0.25, -0.2) is 0 Å². The highest BCUT2D eigenvalue weighted by Gasteiger charge is 2.47. The Morgan fingerprint density at radius 3 is 2.19 bits per heavy atom. The average molecular weight is 439 g/mol. The molecule has 3 amide bonds. The number of nitrogens with one attached hydrogen (secondary N) is 1. The predicted octanol–water partition coefficient (Wildman–Crippen LogP) is 4.06. The monoisotopic (exact) mass is 439 g/mol. The first kappa shape index (κ1) is 23.1. The Hall–Kier alpha value is -2.58. The van der Waals surface area contributed by atoms with Crippen molar-refractivity contribution in [3.8, 4) is 0 Å². The van der Waals surface area contributed by atoms with E-state index in [1.165, 1.54) is 6.07 Å². The number of imide groups is 1. The molecule has 2 aliphatic rings. The smallest absolute Gasteiger partial charge is 0.370 e. The number of likely N-dealkylation sites (tertiary alicyclic amines) is 1. The number of rotatable bonds is 7. The zero-order chi connectivity index (χ0) is 22.8. The number of carbonyl (C=O) groups excluding carboxylic acids is 3. The van der Waals surface area contributed by atoms with Crippen molar-refractivity contribution in [3.63, 3.8) is 0 Å². The van der Waals surface area contributed by atoms with Gasteiger partial charge >= 0.3 is 6.18 Å². The topological polar surface area (TPSA) is 69.7 Å². The molecule has 1 N–H and O–H groups in total. The standard InChI is InChI=1S/C22H28F3N3O3/c1-3-27(4-2)18-10-9-14(22(23,24)25)13-17(18)26-19(29)11-12-28-20(30)15-7-5-6-8-16(15)21(28)31/h9-10,13,15-16H,3-8,11-12H2,1-2H3,(H,26,29)/t15-,16-/m1/s1. The van der Waals surface area contributed by atoms with E-state index in [0.29, 0.717) is 31.6 Å². The van der Waals surface area contributed by atoms with Gasteiger partial charge in [0, 0.05) is 26.1 Å². The minimum atomic E-state index is -4.54. The maximum absolute atomic E-state index is 13.2. The molecule has 0 unspecified atom stereocenters. The highest BCUT2D eigenvalue weighted by atomic mass is 19.4. The van der Waals surface area contributed by atoms with Gasteiger partial charge in [0.15, 0.2) is 0 Å². The predicted molar refractivity (Wildman–Crippen MR) is 110 cm³/mol. The third-order valence-corrected chi connectivity index (χ3v) is 6.20. The van der Waals surface area contributed by atoms with Crippen molar-refractivity contribution >= 4 is 29.1 Å². The fourth-order valence-electron chi connectivity index (χ4n) is 4.53. The van der Waals surface area contributed by atoms with Crippen LogP contribution >= 0.6 is 0 Å². The maximum Gasteiger partial charge on any atom is 0.416 e. The highest BCUT2D eigenvalue weighted by Crippen LogP contribution is 2.38. The molecule has 1 aliphatic carbocycles. The summed E-state index contributed by atoms with van der Waals surface area (Å²) in [5, 5.41) is 2.56. The molecule has 31 heavy (non-hydrogen) atoms. The Labute approximate surface area is 179 Å². The quantitative estimate of drug-likeness (QED) is 0.651. The molecule has 0 aromatic heterocycles. The number of fused-ring (bicyclic) bond motifs is 1. The second-order valence-electron chi connectivity index (χ2n) is 8.03. The van der Waals surface area contributed by atoms with E-state index in [1.54, 1.807) is 0 Å². The van der Waals surface area contributed by atoms with Crippen LogP contribution in [0.1, 0.15) is 51.5 Å². The summed E-state index contributed by atoms with van der Waals surface area (Å²) in [5.74, 6) is -1.58. The number of amides is 3. The van der Waals surface area contributed by atoms with E-state index in [0.717, 1.165) is 29.9 Å². The zero-order valence-corrected chi connectivity index (χ0v) is 17.8. The number of hydrogen-bond donors (Lipinski definition) is 1. The molecule has 1 saturated heterocycles. The Morgan fingerprint density at radius 2 is 1.68 bits per heavy atom. The third kappa shape index (κ3) is 4.85. The number of hydrogen-bond acceptors (Lipinski definition) is 4. The minimum Gasteiger partial charge on any atom is -0.370 e. The molecule has 9 heteroatoms. The summed E-state index contributed by atoms with van der Waals surface area (Å²) in [4.78, 5) is 40.6. The Kier molecular flexibility index (Phi) is 6.91. The van der Waals surface area contributed by atoms with E-state index < -0.39 is 17.6 Å². The van der Waals surface area contributed by atoms with Crippen LogP contribution in [0.4, 0.5) is 24.5 Å². The van der Waals surface area contributed by atoms with Crippen molar-refractivity contribution in [3.05, 3.63) is 23.8 Å². The van der Waals surface area contributed by atoms with Crippen molar-refractivity contribution in [2.45, 2.75) is 52.1 Å². The molecule has 0 radical (unpaired) electrons. The van der Waals surface area contributed by atoms with Crippen molar-refractivity contribution in [1.29, 1.82) is 0 Å². The maximum atomic E-state index is 13.2. The molecule has 3 rings (SSSR count). The summed E-state index contributed by atoms with van der Waals surface area (Å²) in [7, 11) is 0. The third-order valence-electron chi connectivity index (χ3n) is 6.20. The lowest BCUT2D eigenvalue weighted by molar-refractivity contribution is -0.140. The van der Waals surface area contributed by atoms with Crippen LogP contribution in [0, 0.1) is 11.8 Å². The fourth-order valence-corrected chi connectivity index (χ4v) is 4.53. The van der Waals surface area contributed by atoms with Crippen LogP contribution in [0.2, 0.25) is 0 Å². The van der Waals surface area contributed by atoms with E-state index in [1.807, 2.05) is 18.7 Å². The van der Waals surface area contributed by atoms with Gasteiger partial charge in [-0.1, -0.05) is 12.8 Å². The highest BCUT2D eigenvalue weighted by molar-refractivity contribution is 6.05. The molecule has 1 aliphatic heterocycles. The first-order valence-electron chi connectivity index (χ1n) is 10.8. The number of alkyl halides is 3. The molecule has 1 heterocycles. The normalized spacial score (nSPS) is 21.3. The number of benzene rings is 1. The molecule has 2 atom stereocenters. The second kappa shape index (κ2) is 9.28. The van der Waals surface area contributed by atoms with Gasteiger partial charge in [-0.05, 0) is 44.9 Å². The Bertz CT molecular complexity index is 828. The molecule has 1 aromatic rings. The number of carbonyl (C=O) groups is 3. The van der Waals surface area contributed by atoms with Crippen LogP contribution in [-0.4, -0.2) is 42.3 Å². The Morgan fingerprint density at radius 1 is 1.10 bits per heavy atom. The lowest BCUT2D eigenvalue weighted by Crippen LogP contribution is -2.34. The number of anilines is 2. The van der Waals surface area contributed by atoms with E-state index in [2.05, 4.69) is 5.32 Å². The lowest BCUT2D eigenvalue weighted by atomic mass is 9.81. The summed E-state index contributed by atoms with van der Waals surface area (Å²) < 4.78 is 39.5. The largest absolute Gasteiger partial charge is 0.416 e. The lowest BCUT2D eigenvalue weighted by Gasteiger charge is -2.25. The second-order valence-corrected chi connectivity index (χ2v) is 8.03. The van der Waals surface area contributed by atoms with Crippen LogP contribution in [0.25, 0.3) is 0 Å². The molecule has 2 fully saturated rings. The van der Waals surface area contributed by atoms with Gasteiger partial charge in [0.2, 0.25) is 17.7 Å². The van der Waals surface area contributed by atoms with Crippen molar-refractivity contribution in [2.75, 3.05) is 29.9 Å². The van der Waals surface area contributed by atoms with Crippen LogP contribution in [0.3, 0.4) is 0 Å². The Balaban J connectivity index is 1.72. The molecule has 170 valence electrons. The van der Waals surface area contributed by atoms with Gasteiger partial charge in [0.1, 0.15) is 0 Å². The minimum absolute atomic E-state index is 0.0595. The molecule has 6 nitrogen and oxygen atoms in total. The number of nitrogens with zero attached hydrogens (tertiary/aromatic N) is 2. The van der Waals surface area contributed by atoms with Gasteiger partial charge in [-0.3, -0.25) is 19.3 Å². The van der Waals surface area contributed by atoms with Gasteiger partial charge in [-0.15, -0.1) is 0 Å². The molecule has 1 aromatic carbocycles. The van der Waals surface area contributed by atoms with E-state index in [-0.39, 0.29) is 42.3 Å². The first-order valence-corrected chi connectivity index (χ1v) is 10.8. The van der Waals surface area contributed by atoms with Crippen LogP contribution in [-0.2, 0) is 20.6 Å². The van der Waals surface area contributed by atoms with Gasteiger partial charge in [0.25, 0.3) is 0 Å². The zero-order valence-electron chi connectivity index (χ0n) is 17.8. The van der Waals surface area contributed by atoms with E-state index in [9.17, 15) is 27.6 Å². The molecule has 1 saturated carbocycles. The fraction of sp³-hybridized carbons (Fsp3) is 0.591. The van der Waals surface area contributed by atoms with Crippen molar-refractivity contribution in [1.82, 2.24) is 4.90 Å². The van der Waals surface area contributed by atoms with Gasteiger partial charge in [-0.2, -0.15) is 13.2 Å². The molecular formula is C22H28F3N3O3. The summed E-state index contributed by atoms with van der Waals surface area (Å²) in [6, 6.07) is 3.27. The van der Waals surface area contributed by atoms with Gasteiger partial charge in [0.05, 0.1) is 28.8 Å². The van der Waals surface area contributed by atoms with Crippen molar-refractivity contribution in [2.24, 2.45) is 11.8 Å². The van der Waals surface area contributed by atoms with Crippen LogP contribution in [0.15, 0.2) is 18.2 Å². The van der Waals surface area contributed by atoms with E-state index >= 15 is 0 Å². The average Bonchev–Trinajstić information content (AvgIpc) is 2.98. The van der Waals surface area contributed by atoms with Crippen LogP contribution in [0.5, 0.6) is 0 Å². The van der Waals surface area contributed by atoms with Crippen molar-refractivity contribution < 1.29 is 27.6 Å². The molecular weight excluding hydrogens is 411 g/mol. The summed E-state index contributed by atoms with van der Waals surface area (Å²) in [5.41, 5.74) is -0.297. The molecule has 0 spiro atoms. The SMILES string of the molecule is CCN(CC)c1ccc(C(F)(F)F)cc1NC(=O)CCN1C(=O)[C@@H]2CCCC[C@H]2C1=O.